The summed E-state index contributed by atoms with van der Waals surface area (Å²) in [6.45, 7) is 14.8. The Kier molecular flexibility index (Phi) is 15.6. The Bertz CT molecular complexity index is 552. The van der Waals surface area contributed by atoms with E-state index in [4.69, 9.17) is 0 Å². The summed E-state index contributed by atoms with van der Waals surface area (Å²) in [5, 5.41) is 0. The van der Waals surface area contributed by atoms with Crippen LogP contribution in [0.3, 0.4) is 0 Å². The van der Waals surface area contributed by atoms with Crippen LogP contribution in [0.25, 0.3) is 0 Å². The van der Waals surface area contributed by atoms with Gasteiger partial charge >= 0.3 is 198 Å². The van der Waals surface area contributed by atoms with Crippen molar-refractivity contribution in [2.45, 2.75) is 99.4 Å². The fourth-order valence-corrected chi connectivity index (χ4v) is 21.2. The van der Waals surface area contributed by atoms with Gasteiger partial charge in [0.2, 0.25) is 0 Å². The van der Waals surface area contributed by atoms with Crippen molar-refractivity contribution in [3.63, 3.8) is 0 Å². The van der Waals surface area contributed by atoms with Crippen molar-refractivity contribution in [1.82, 2.24) is 9.80 Å². The SMILES string of the molecule is CCC[CH2][Sn]([CH2]CCC)([CH2]CCC)[CH2]N(CCC(=O)N(CC)CC)Cc1ccccc1. The average Bonchev–Trinajstić information content (AvgIpc) is 2.79. The first-order valence-corrected chi connectivity index (χ1v) is 21.1. The first kappa shape index (κ1) is 28.5. The molecule has 0 fully saturated rings. The van der Waals surface area contributed by atoms with E-state index in [9.17, 15) is 4.79 Å². The molecular weight excluding hydrogens is 487 g/mol. The van der Waals surface area contributed by atoms with Crippen LogP contribution >= 0.6 is 0 Å². The second-order valence-corrected chi connectivity index (χ2v) is 23.1. The third-order valence-electron chi connectivity index (χ3n) is 6.75. The maximum absolute atomic E-state index is 12.8. The zero-order valence-corrected chi connectivity index (χ0v) is 24.2. The van der Waals surface area contributed by atoms with Gasteiger partial charge in [0.25, 0.3) is 0 Å². The van der Waals surface area contributed by atoms with Crippen LogP contribution in [0.5, 0.6) is 0 Å². The van der Waals surface area contributed by atoms with Crippen molar-refractivity contribution in [3.05, 3.63) is 35.9 Å². The van der Waals surface area contributed by atoms with Crippen molar-refractivity contribution >= 4 is 24.3 Å². The summed E-state index contributed by atoms with van der Waals surface area (Å²) in [5.74, 6) is 0.319. The third kappa shape index (κ3) is 11.2. The molecule has 0 aliphatic heterocycles. The minimum atomic E-state index is -2.30. The van der Waals surface area contributed by atoms with E-state index in [1.165, 1.54) is 62.0 Å². The van der Waals surface area contributed by atoms with Gasteiger partial charge in [0.05, 0.1) is 0 Å². The summed E-state index contributed by atoms with van der Waals surface area (Å²) in [6, 6.07) is 10.9. The van der Waals surface area contributed by atoms with Gasteiger partial charge in [0.15, 0.2) is 0 Å². The van der Waals surface area contributed by atoms with E-state index < -0.39 is 18.4 Å². The average molecular weight is 537 g/mol. The molecule has 0 N–H and O–H groups in total. The molecule has 0 saturated heterocycles. The topological polar surface area (TPSA) is 23.6 Å². The molecule has 0 heterocycles. The number of benzene rings is 1. The van der Waals surface area contributed by atoms with Gasteiger partial charge in [0.1, 0.15) is 0 Å². The number of amides is 1. The van der Waals surface area contributed by atoms with E-state index in [1.54, 1.807) is 0 Å². The van der Waals surface area contributed by atoms with Crippen LogP contribution in [0.4, 0.5) is 0 Å². The van der Waals surface area contributed by atoms with Crippen LogP contribution in [0, 0.1) is 0 Å². The van der Waals surface area contributed by atoms with Crippen LogP contribution in [0.1, 0.15) is 85.1 Å². The predicted octanol–water partition coefficient (Wildman–Crippen LogP) is 7.14. The second kappa shape index (κ2) is 17.0. The molecule has 0 bridgehead atoms. The van der Waals surface area contributed by atoms with Crippen molar-refractivity contribution in [2.24, 2.45) is 0 Å². The molecule has 178 valence electrons. The van der Waals surface area contributed by atoms with Gasteiger partial charge in [-0.3, -0.25) is 0 Å². The first-order valence-electron chi connectivity index (χ1n) is 13.1. The summed E-state index contributed by atoms with van der Waals surface area (Å²) in [6.07, 6.45) is 8.82. The normalized spacial score (nSPS) is 11.8. The van der Waals surface area contributed by atoms with Crippen molar-refractivity contribution in [3.8, 4) is 0 Å². The minimum absolute atomic E-state index is 0.319. The number of hydrogen-bond donors (Lipinski definition) is 0. The molecule has 0 saturated carbocycles. The molecule has 1 amide bonds. The molecule has 1 aromatic carbocycles. The second-order valence-electron chi connectivity index (χ2n) is 9.32. The fraction of sp³-hybridized carbons (Fsp3) is 0.741. The van der Waals surface area contributed by atoms with Gasteiger partial charge in [-0.05, 0) is 0 Å². The zero-order valence-electron chi connectivity index (χ0n) is 21.3. The Morgan fingerprint density at radius 2 is 1.32 bits per heavy atom. The Balaban J connectivity index is 3.04. The third-order valence-corrected chi connectivity index (χ3v) is 22.0. The maximum atomic E-state index is 12.8. The van der Waals surface area contributed by atoms with Gasteiger partial charge < -0.3 is 0 Å². The fourth-order valence-electron chi connectivity index (χ4n) is 4.79. The Morgan fingerprint density at radius 3 is 1.77 bits per heavy atom. The Hall–Kier alpha value is -0.551. The van der Waals surface area contributed by atoms with E-state index in [2.05, 4.69) is 69.9 Å². The predicted molar refractivity (Wildman–Crippen MR) is 139 cm³/mol. The summed E-state index contributed by atoms with van der Waals surface area (Å²) in [5.41, 5.74) is 1.39. The summed E-state index contributed by atoms with van der Waals surface area (Å²) in [4.78, 5) is 17.4. The van der Waals surface area contributed by atoms with Crippen LogP contribution < -0.4 is 0 Å². The molecule has 31 heavy (non-hydrogen) atoms. The summed E-state index contributed by atoms with van der Waals surface area (Å²) < 4.78 is 5.91. The first-order chi connectivity index (χ1) is 15.0. The number of carbonyl (C=O) groups excluding carboxylic acids is 1. The van der Waals surface area contributed by atoms with Crippen LogP contribution in [-0.4, -0.2) is 58.3 Å². The van der Waals surface area contributed by atoms with Crippen LogP contribution in [-0.2, 0) is 11.3 Å². The van der Waals surface area contributed by atoms with Gasteiger partial charge in [-0.1, -0.05) is 0 Å². The van der Waals surface area contributed by atoms with Crippen LogP contribution in [0.2, 0.25) is 13.3 Å². The van der Waals surface area contributed by atoms with Gasteiger partial charge in [-0.2, -0.15) is 0 Å². The number of hydrogen-bond acceptors (Lipinski definition) is 2. The number of nitrogens with zero attached hydrogens (tertiary/aromatic N) is 2. The number of carbonyl (C=O) groups is 1. The monoisotopic (exact) mass is 538 g/mol. The molecule has 1 aromatic rings. The Morgan fingerprint density at radius 1 is 0.806 bits per heavy atom. The van der Waals surface area contributed by atoms with Crippen molar-refractivity contribution in [1.29, 1.82) is 0 Å². The molecule has 0 atom stereocenters. The molecule has 3 nitrogen and oxygen atoms in total. The molecule has 0 aliphatic carbocycles. The molecule has 0 radical (unpaired) electrons. The van der Waals surface area contributed by atoms with E-state index in [0.717, 1.165) is 26.2 Å². The molecule has 4 heteroatoms. The number of unbranched alkanes of at least 4 members (excludes halogenated alkanes) is 3. The van der Waals surface area contributed by atoms with E-state index in [1.807, 2.05) is 4.90 Å². The van der Waals surface area contributed by atoms with E-state index in [-0.39, 0.29) is 0 Å². The molecule has 0 unspecified atom stereocenters. The van der Waals surface area contributed by atoms with Crippen molar-refractivity contribution in [2.75, 3.05) is 24.2 Å². The summed E-state index contributed by atoms with van der Waals surface area (Å²) in [7, 11) is 0. The van der Waals surface area contributed by atoms with Gasteiger partial charge in [-0.25, -0.2) is 0 Å². The van der Waals surface area contributed by atoms with E-state index in [0.29, 0.717) is 12.3 Å². The molecule has 0 aliphatic rings. The van der Waals surface area contributed by atoms with Gasteiger partial charge in [-0.15, -0.1) is 0 Å². The van der Waals surface area contributed by atoms with Gasteiger partial charge in [0, 0.05) is 0 Å². The van der Waals surface area contributed by atoms with E-state index >= 15 is 0 Å². The number of rotatable bonds is 18. The van der Waals surface area contributed by atoms with Crippen molar-refractivity contribution < 1.29 is 4.79 Å². The molecular formula is C27H50N2OSn. The Labute approximate surface area is 197 Å². The summed E-state index contributed by atoms with van der Waals surface area (Å²) >= 11 is -2.30. The van der Waals surface area contributed by atoms with Crippen LogP contribution in [0.15, 0.2) is 30.3 Å². The quantitative estimate of drug-likeness (QED) is 0.186. The molecule has 1 rings (SSSR count). The molecule has 0 spiro atoms. The zero-order chi connectivity index (χ0) is 23.0. The molecule has 0 aromatic heterocycles. The standard InChI is InChI=1S/C15H23N2O.3C4H9.Sn/c1-4-17(5-2)15(18)11-12-16(3)13-14-9-7-6-8-10-14;3*1-3-4-2;/h6-10H,3-5,11-13H2,1-2H3;3*1,3-4H2,2H3;.